The Bertz CT molecular complexity index is 433. The van der Waals surface area contributed by atoms with Crippen molar-refractivity contribution in [3.05, 3.63) is 29.3 Å². The molecule has 0 heterocycles. The van der Waals surface area contributed by atoms with Crippen molar-refractivity contribution in [2.75, 3.05) is 28.3 Å². The highest BCUT2D eigenvalue weighted by Crippen LogP contribution is 2.21. The van der Waals surface area contributed by atoms with E-state index in [2.05, 4.69) is 9.64 Å². The fourth-order valence-corrected chi connectivity index (χ4v) is 1.91. The minimum absolute atomic E-state index is 0.398. The lowest BCUT2D eigenvalue weighted by atomic mass is 10.0. The largest absolute Gasteiger partial charge is 0.496 e. The molecule has 0 amide bonds. The fraction of sp³-hybridized carbons (Fsp3) is 0.500. The molecule has 5 nitrogen and oxygen atoms in total. The Morgan fingerprint density at radius 1 is 1.37 bits per heavy atom. The molecule has 1 unspecified atom stereocenters. The molecule has 1 aromatic carbocycles. The van der Waals surface area contributed by atoms with Crippen LogP contribution in [0.5, 0.6) is 5.75 Å². The van der Waals surface area contributed by atoms with E-state index in [4.69, 9.17) is 10.5 Å². The summed E-state index contributed by atoms with van der Waals surface area (Å²) in [4.78, 5) is 13.4. The first-order valence-electron chi connectivity index (χ1n) is 6.11. The van der Waals surface area contributed by atoms with Crippen molar-refractivity contribution < 1.29 is 14.3 Å². The molecule has 0 radical (unpaired) electrons. The summed E-state index contributed by atoms with van der Waals surface area (Å²) < 4.78 is 9.95. The number of carbonyl (C=O) groups excluding carboxylic acids is 1. The summed E-state index contributed by atoms with van der Waals surface area (Å²) >= 11 is 0. The van der Waals surface area contributed by atoms with E-state index in [0.717, 1.165) is 23.4 Å². The molecule has 0 aliphatic rings. The summed E-state index contributed by atoms with van der Waals surface area (Å²) in [7, 11) is 6.97. The number of nitrogens with two attached hydrogens (primary N) is 1. The van der Waals surface area contributed by atoms with Gasteiger partial charge in [0.1, 0.15) is 11.8 Å². The lowest BCUT2D eigenvalue weighted by Gasteiger charge is -2.16. The molecule has 0 aliphatic carbocycles. The van der Waals surface area contributed by atoms with Crippen LogP contribution in [-0.4, -0.2) is 45.2 Å². The minimum atomic E-state index is -0.634. The number of hydrogen-bond acceptors (Lipinski definition) is 5. The second kappa shape index (κ2) is 7.11. The van der Waals surface area contributed by atoms with Crippen molar-refractivity contribution in [3.63, 3.8) is 0 Å². The van der Waals surface area contributed by atoms with Crippen molar-refractivity contribution in [1.29, 1.82) is 0 Å². The van der Waals surface area contributed by atoms with Gasteiger partial charge in [-0.3, -0.25) is 4.79 Å². The number of carbonyl (C=O) groups is 1. The Kier molecular flexibility index (Phi) is 5.79. The van der Waals surface area contributed by atoms with E-state index in [1.807, 2.05) is 32.3 Å². The van der Waals surface area contributed by atoms with Gasteiger partial charge in [0.2, 0.25) is 0 Å². The predicted molar refractivity (Wildman–Crippen MR) is 74.1 cm³/mol. The maximum atomic E-state index is 11.3. The molecule has 0 aliphatic heterocycles. The molecule has 2 N–H and O–H groups in total. The van der Waals surface area contributed by atoms with Gasteiger partial charge in [0.25, 0.3) is 0 Å². The summed E-state index contributed by atoms with van der Waals surface area (Å²) in [5, 5.41) is 0. The molecule has 0 saturated heterocycles. The van der Waals surface area contributed by atoms with E-state index in [9.17, 15) is 4.79 Å². The number of nitrogens with zero attached hydrogens (tertiary/aromatic N) is 1. The highest BCUT2D eigenvalue weighted by atomic mass is 16.5. The van der Waals surface area contributed by atoms with Gasteiger partial charge in [0.05, 0.1) is 14.2 Å². The Hall–Kier alpha value is -1.59. The van der Waals surface area contributed by atoms with E-state index in [0.29, 0.717) is 6.42 Å². The second-order valence-electron chi connectivity index (χ2n) is 4.72. The molecule has 1 atom stereocenters. The van der Waals surface area contributed by atoms with Crippen LogP contribution in [0.15, 0.2) is 18.2 Å². The van der Waals surface area contributed by atoms with Crippen molar-refractivity contribution in [3.8, 4) is 5.75 Å². The molecule has 5 heteroatoms. The standard InChI is InChI=1S/C14H22N2O3/c1-16(2)9-11-7-10(5-6-13(11)18-3)8-12(15)14(17)19-4/h5-7,12H,8-9,15H2,1-4H3. The van der Waals surface area contributed by atoms with Crippen LogP contribution in [0.4, 0.5) is 0 Å². The zero-order chi connectivity index (χ0) is 14.4. The van der Waals surface area contributed by atoms with Crippen molar-refractivity contribution in [1.82, 2.24) is 4.90 Å². The van der Waals surface area contributed by atoms with E-state index in [-0.39, 0.29) is 0 Å². The molecule has 106 valence electrons. The molecule has 0 saturated carbocycles. The molecule has 0 aromatic heterocycles. The molecule has 1 aromatic rings. The van der Waals surface area contributed by atoms with Crippen LogP contribution in [0.1, 0.15) is 11.1 Å². The van der Waals surface area contributed by atoms with Crippen molar-refractivity contribution in [2.45, 2.75) is 19.0 Å². The number of rotatable bonds is 6. The first-order chi connectivity index (χ1) is 8.97. The summed E-state index contributed by atoms with van der Waals surface area (Å²) in [6.07, 6.45) is 0.455. The summed E-state index contributed by atoms with van der Waals surface area (Å²) in [5.74, 6) is 0.439. The zero-order valence-electron chi connectivity index (χ0n) is 12.0. The molecule has 1 rings (SSSR count). The van der Waals surface area contributed by atoms with Crippen LogP contribution < -0.4 is 10.5 Å². The zero-order valence-corrected chi connectivity index (χ0v) is 12.0. The number of esters is 1. The van der Waals surface area contributed by atoms with Crippen LogP contribution >= 0.6 is 0 Å². The maximum Gasteiger partial charge on any atom is 0.322 e. The molecular formula is C14H22N2O3. The Morgan fingerprint density at radius 2 is 2.05 bits per heavy atom. The third-order valence-corrected chi connectivity index (χ3v) is 2.79. The molecule has 0 bridgehead atoms. The van der Waals surface area contributed by atoms with Gasteiger partial charge in [0.15, 0.2) is 0 Å². The van der Waals surface area contributed by atoms with E-state index in [1.165, 1.54) is 7.11 Å². The minimum Gasteiger partial charge on any atom is -0.496 e. The first-order valence-corrected chi connectivity index (χ1v) is 6.11. The number of ether oxygens (including phenoxy) is 2. The second-order valence-corrected chi connectivity index (χ2v) is 4.72. The number of methoxy groups -OCH3 is 2. The van der Waals surface area contributed by atoms with Crippen LogP contribution in [-0.2, 0) is 22.5 Å². The fourth-order valence-electron chi connectivity index (χ4n) is 1.91. The Balaban J connectivity index is 2.88. The topological polar surface area (TPSA) is 64.8 Å². The van der Waals surface area contributed by atoms with E-state index in [1.54, 1.807) is 7.11 Å². The summed E-state index contributed by atoms with van der Waals surface area (Å²) in [6, 6.07) is 5.20. The van der Waals surface area contributed by atoms with Gasteiger partial charge in [-0.2, -0.15) is 0 Å². The van der Waals surface area contributed by atoms with Crippen molar-refractivity contribution >= 4 is 5.97 Å². The molecule has 0 spiro atoms. The maximum absolute atomic E-state index is 11.3. The van der Waals surface area contributed by atoms with Gasteiger partial charge in [-0.25, -0.2) is 0 Å². The van der Waals surface area contributed by atoms with Crippen LogP contribution in [0, 0.1) is 0 Å². The smallest absolute Gasteiger partial charge is 0.322 e. The van der Waals surface area contributed by atoms with Crippen LogP contribution in [0.2, 0.25) is 0 Å². The Labute approximate surface area is 114 Å². The van der Waals surface area contributed by atoms with Crippen molar-refractivity contribution in [2.24, 2.45) is 5.73 Å². The number of hydrogen-bond donors (Lipinski definition) is 1. The molecular weight excluding hydrogens is 244 g/mol. The average molecular weight is 266 g/mol. The average Bonchev–Trinajstić information content (AvgIpc) is 2.37. The van der Waals surface area contributed by atoms with E-state index < -0.39 is 12.0 Å². The predicted octanol–water partition coefficient (Wildman–Crippen LogP) is 0.800. The quantitative estimate of drug-likeness (QED) is 0.772. The Morgan fingerprint density at radius 3 is 2.58 bits per heavy atom. The SMILES string of the molecule is COC(=O)C(N)Cc1ccc(OC)c(CN(C)C)c1. The lowest BCUT2D eigenvalue weighted by Crippen LogP contribution is -2.33. The molecule has 19 heavy (non-hydrogen) atoms. The van der Waals surface area contributed by atoms with Gasteiger partial charge in [-0.05, 0) is 32.1 Å². The monoisotopic (exact) mass is 266 g/mol. The van der Waals surface area contributed by atoms with Gasteiger partial charge >= 0.3 is 5.97 Å². The van der Waals surface area contributed by atoms with Gasteiger partial charge < -0.3 is 20.1 Å². The van der Waals surface area contributed by atoms with Gasteiger partial charge in [-0.15, -0.1) is 0 Å². The first kappa shape index (κ1) is 15.5. The highest BCUT2D eigenvalue weighted by Gasteiger charge is 2.15. The van der Waals surface area contributed by atoms with Crippen LogP contribution in [0.3, 0.4) is 0 Å². The molecule has 0 fully saturated rings. The summed E-state index contributed by atoms with van der Waals surface area (Å²) in [6.45, 7) is 0.768. The van der Waals surface area contributed by atoms with Gasteiger partial charge in [0, 0.05) is 12.1 Å². The third-order valence-electron chi connectivity index (χ3n) is 2.79. The number of benzene rings is 1. The lowest BCUT2D eigenvalue weighted by molar-refractivity contribution is -0.142. The summed E-state index contributed by atoms with van der Waals surface area (Å²) in [5.41, 5.74) is 7.83. The third kappa shape index (κ3) is 4.54. The highest BCUT2D eigenvalue weighted by molar-refractivity contribution is 5.75. The normalized spacial score (nSPS) is 12.3. The van der Waals surface area contributed by atoms with Crippen LogP contribution in [0.25, 0.3) is 0 Å². The van der Waals surface area contributed by atoms with Gasteiger partial charge in [-0.1, -0.05) is 12.1 Å². The van der Waals surface area contributed by atoms with E-state index >= 15 is 0 Å².